The van der Waals surface area contributed by atoms with Crippen molar-refractivity contribution in [2.45, 2.75) is 26.1 Å². The van der Waals surface area contributed by atoms with Gasteiger partial charge in [0.15, 0.2) is 0 Å². The molecule has 0 heterocycles. The summed E-state index contributed by atoms with van der Waals surface area (Å²) in [7, 11) is 1.67. The van der Waals surface area contributed by atoms with Crippen molar-refractivity contribution in [3.63, 3.8) is 0 Å². The number of benzene rings is 1. The summed E-state index contributed by atoms with van der Waals surface area (Å²) in [5.41, 5.74) is 1.15. The molecule has 1 rings (SSSR count). The van der Waals surface area contributed by atoms with Gasteiger partial charge in [0, 0.05) is 20.2 Å². The number of methoxy groups -OCH3 is 1. The van der Waals surface area contributed by atoms with Crippen LogP contribution in [0.4, 0.5) is 0 Å². The molecule has 1 aromatic carbocycles. The number of ether oxygens (including phenoxy) is 2. The Morgan fingerprint density at radius 3 is 2.78 bits per heavy atom. The maximum absolute atomic E-state index is 9.74. The second-order valence-electron chi connectivity index (χ2n) is 4.49. The maximum Gasteiger partial charge on any atom is 0.119 e. The minimum atomic E-state index is -0.519. The second-order valence-corrected chi connectivity index (χ2v) is 4.49. The van der Waals surface area contributed by atoms with Crippen LogP contribution in [0.1, 0.15) is 12.5 Å². The Hall–Kier alpha value is -1.10. The number of aliphatic hydroxyl groups is 1. The van der Waals surface area contributed by atoms with Crippen LogP contribution in [-0.4, -0.2) is 44.1 Å². The van der Waals surface area contributed by atoms with Crippen LogP contribution in [0.15, 0.2) is 24.3 Å². The third kappa shape index (κ3) is 6.00. The van der Waals surface area contributed by atoms with Gasteiger partial charge < -0.3 is 19.9 Å². The highest BCUT2D eigenvalue weighted by atomic mass is 16.5. The van der Waals surface area contributed by atoms with Crippen molar-refractivity contribution in [3.05, 3.63) is 29.8 Å². The summed E-state index contributed by atoms with van der Waals surface area (Å²) in [4.78, 5) is 0. The van der Waals surface area contributed by atoms with E-state index < -0.39 is 6.10 Å². The van der Waals surface area contributed by atoms with E-state index in [1.165, 1.54) is 0 Å². The van der Waals surface area contributed by atoms with Gasteiger partial charge in [-0.15, -0.1) is 0 Å². The zero-order chi connectivity index (χ0) is 13.4. The van der Waals surface area contributed by atoms with E-state index in [9.17, 15) is 5.11 Å². The van der Waals surface area contributed by atoms with Crippen molar-refractivity contribution >= 4 is 0 Å². The molecule has 1 aromatic rings. The van der Waals surface area contributed by atoms with Crippen LogP contribution < -0.4 is 10.1 Å². The number of nitrogens with one attached hydrogen (secondary N) is 1. The SMILES string of the molecule is COC(C)CNCC(O)COc1cccc(C)c1. The molecule has 0 spiro atoms. The highest BCUT2D eigenvalue weighted by Crippen LogP contribution is 2.12. The van der Waals surface area contributed by atoms with Crippen LogP contribution in [0.25, 0.3) is 0 Å². The summed E-state index contributed by atoms with van der Waals surface area (Å²) < 4.78 is 10.6. The maximum atomic E-state index is 9.74. The zero-order valence-corrected chi connectivity index (χ0v) is 11.3. The quantitative estimate of drug-likeness (QED) is 0.734. The molecule has 0 aliphatic carbocycles. The molecular formula is C14H23NO3. The number of rotatable bonds is 8. The largest absolute Gasteiger partial charge is 0.491 e. The van der Waals surface area contributed by atoms with Gasteiger partial charge in [0.25, 0.3) is 0 Å². The molecule has 0 saturated carbocycles. The van der Waals surface area contributed by atoms with Gasteiger partial charge in [-0.3, -0.25) is 0 Å². The van der Waals surface area contributed by atoms with Crippen molar-refractivity contribution < 1.29 is 14.6 Å². The van der Waals surface area contributed by atoms with Crippen LogP contribution in [0.5, 0.6) is 5.75 Å². The molecule has 102 valence electrons. The fraction of sp³-hybridized carbons (Fsp3) is 0.571. The fourth-order valence-corrected chi connectivity index (χ4v) is 1.49. The predicted molar refractivity (Wildman–Crippen MR) is 72.0 cm³/mol. The first kappa shape index (κ1) is 15.0. The highest BCUT2D eigenvalue weighted by Gasteiger charge is 2.06. The molecule has 4 heteroatoms. The molecule has 2 N–H and O–H groups in total. The van der Waals surface area contributed by atoms with E-state index in [2.05, 4.69) is 5.32 Å². The van der Waals surface area contributed by atoms with Crippen LogP contribution in [0, 0.1) is 6.92 Å². The first-order valence-electron chi connectivity index (χ1n) is 6.23. The zero-order valence-electron chi connectivity index (χ0n) is 11.3. The lowest BCUT2D eigenvalue weighted by Crippen LogP contribution is -2.35. The summed E-state index contributed by atoms with van der Waals surface area (Å²) in [5.74, 6) is 0.791. The van der Waals surface area contributed by atoms with Gasteiger partial charge >= 0.3 is 0 Å². The molecular weight excluding hydrogens is 230 g/mol. The Balaban J connectivity index is 2.19. The molecule has 2 atom stereocenters. The minimum absolute atomic E-state index is 0.148. The Morgan fingerprint density at radius 2 is 2.11 bits per heavy atom. The van der Waals surface area contributed by atoms with Crippen LogP contribution >= 0.6 is 0 Å². The number of hydrogen-bond donors (Lipinski definition) is 2. The molecule has 0 fully saturated rings. The summed E-state index contributed by atoms with van der Waals surface area (Å²) in [6, 6.07) is 7.79. The van der Waals surface area contributed by atoms with E-state index in [1.54, 1.807) is 7.11 Å². The van der Waals surface area contributed by atoms with Crippen LogP contribution in [0.3, 0.4) is 0 Å². The highest BCUT2D eigenvalue weighted by molar-refractivity contribution is 5.27. The molecule has 4 nitrogen and oxygen atoms in total. The molecule has 0 aliphatic heterocycles. The minimum Gasteiger partial charge on any atom is -0.491 e. The molecule has 0 amide bonds. The van der Waals surface area contributed by atoms with Crippen LogP contribution in [-0.2, 0) is 4.74 Å². The fourth-order valence-electron chi connectivity index (χ4n) is 1.49. The van der Waals surface area contributed by atoms with E-state index in [1.807, 2.05) is 38.1 Å². The smallest absolute Gasteiger partial charge is 0.119 e. The Kier molecular flexibility index (Phi) is 6.72. The van der Waals surface area contributed by atoms with E-state index in [-0.39, 0.29) is 12.7 Å². The lowest BCUT2D eigenvalue weighted by Gasteiger charge is -2.15. The van der Waals surface area contributed by atoms with Gasteiger partial charge in [0.1, 0.15) is 18.5 Å². The standard InChI is InChI=1S/C14H23NO3/c1-11-5-4-6-14(7-11)18-10-13(16)9-15-8-12(2)17-3/h4-7,12-13,15-16H,8-10H2,1-3H3. The van der Waals surface area contributed by atoms with E-state index >= 15 is 0 Å². The monoisotopic (exact) mass is 253 g/mol. The van der Waals surface area contributed by atoms with Gasteiger partial charge in [-0.05, 0) is 31.5 Å². The van der Waals surface area contributed by atoms with Crippen molar-refractivity contribution in [2.75, 3.05) is 26.8 Å². The summed E-state index contributed by atoms with van der Waals surface area (Å²) in [5, 5.41) is 12.9. The topological polar surface area (TPSA) is 50.7 Å². The lowest BCUT2D eigenvalue weighted by atomic mass is 10.2. The van der Waals surface area contributed by atoms with Gasteiger partial charge in [-0.1, -0.05) is 12.1 Å². The lowest BCUT2D eigenvalue weighted by molar-refractivity contribution is 0.0904. The van der Waals surface area contributed by atoms with Gasteiger partial charge in [0.2, 0.25) is 0 Å². The third-order valence-corrected chi connectivity index (χ3v) is 2.65. The normalized spacial score (nSPS) is 14.2. The molecule has 0 bridgehead atoms. The van der Waals surface area contributed by atoms with Gasteiger partial charge in [-0.2, -0.15) is 0 Å². The third-order valence-electron chi connectivity index (χ3n) is 2.65. The molecule has 0 saturated heterocycles. The van der Waals surface area contributed by atoms with Gasteiger partial charge in [-0.25, -0.2) is 0 Å². The van der Waals surface area contributed by atoms with Crippen LogP contribution in [0.2, 0.25) is 0 Å². The summed E-state index contributed by atoms with van der Waals surface area (Å²) in [6.45, 7) is 5.49. The Morgan fingerprint density at radius 1 is 1.33 bits per heavy atom. The Bertz CT molecular complexity index is 344. The average molecular weight is 253 g/mol. The number of aliphatic hydroxyl groups excluding tert-OH is 1. The molecule has 18 heavy (non-hydrogen) atoms. The van der Waals surface area contributed by atoms with Crippen molar-refractivity contribution in [1.82, 2.24) is 5.32 Å². The number of hydrogen-bond acceptors (Lipinski definition) is 4. The first-order chi connectivity index (χ1) is 8.61. The average Bonchev–Trinajstić information content (AvgIpc) is 2.36. The predicted octanol–water partition coefficient (Wildman–Crippen LogP) is 1.36. The van der Waals surface area contributed by atoms with Crippen molar-refractivity contribution in [3.8, 4) is 5.75 Å². The second kappa shape index (κ2) is 8.08. The number of aryl methyl sites for hydroxylation is 1. The van der Waals surface area contributed by atoms with Crippen molar-refractivity contribution in [1.29, 1.82) is 0 Å². The molecule has 0 aromatic heterocycles. The van der Waals surface area contributed by atoms with E-state index in [0.717, 1.165) is 17.9 Å². The molecule has 0 aliphatic rings. The Labute approximate surface area is 109 Å². The molecule has 2 unspecified atom stereocenters. The van der Waals surface area contributed by atoms with E-state index in [4.69, 9.17) is 9.47 Å². The molecule has 0 radical (unpaired) electrons. The first-order valence-corrected chi connectivity index (χ1v) is 6.23. The van der Waals surface area contributed by atoms with E-state index in [0.29, 0.717) is 6.54 Å². The summed E-state index contributed by atoms with van der Waals surface area (Å²) >= 11 is 0. The van der Waals surface area contributed by atoms with Crippen molar-refractivity contribution in [2.24, 2.45) is 0 Å². The van der Waals surface area contributed by atoms with Gasteiger partial charge in [0.05, 0.1) is 6.10 Å². The summed E-state index contributed by atoms with van der Waals surface area (Å²) in [6.07, 6.45) is -0.371.